The number of esters is 2. The van der Waals surface area contributed by atoms with Gasteiger partial charge in [0.2, 0.25) is 0 Å². The summed E-state index contributed by atoms with van der Waals surface area (Å²) in [7, 11) is 2.37. The number of nitrogens with zero attached hydrogens (tertiary/aromatic N) is 1. The average Bonchev–Trinajstić information content (AvgIpc) is 2.57. The van der Waals surface area contributed by atoms with Gasteiger partial charge in [-0.25, -0.2) is 4.79 Å². The Balaban J connectivity index is 2.77. The molecule has 0 radical (unpaired) electrons. The number of non-ortho nitro benzene ring substituents is 1. The molecule has 0 fully saturated rings. The lowest BCUT2D eigenvalue weighted by Crippen LogP contribution is -2.41. The van der Waals surface area contributed by atoms with Crippen molar-refractivity contribution in [3.63, 3.8) is 0 Å². The lowest BCUT2D eigenvalue weighted by atomic mass is 10.1. The smallest absolute Gasteiger partial charge is 0.328 e. The minimum Gasteiger partial charge on any atom is -0.469 e. The number of hydrogen-bond acceptors (Lipinski definition) is 7. The lowest BCUT2D eigenvalue weighted by molar-refractivity contribution is -0.384. The lowest BCUT2D eigenvalue weighted by Gasteiger charge is -2.16. The number of methoxy groups -OCH3 is 2. The van der Waals surface area contributed by atoms with Crippen molar-refractivity contribution in [2.45, 2.75) is 18.9 Å². The third-order valence-corrected chi connectivity index (χ3v) is 3.00. The second kappa shape index (κ2) is 8.47. The van der Waals surface area contributed by atoms with Crippen LogP contribution in [0.1, 0.15) is 23.2 Å². The molecule has 0 aliphatic rings. The van der Waals surface area contributed by atoms with Gasteiger partial charge in [-0.05, 0) is 18.6 Å². The molecule has 1 aromatic rings. The molecule has 23 heavy (non-hydrogen) atoms. The number of ether oxygens (including phenoxy) is 2. The fourth-order valence-electron chi connectivity index (χ4n) is 1.73. The van der Waals surface area contributed by atoms with E-state index in [-0.39, 0.29) is 24.1 Å². The first-order valence-corrected chi connectivity index (χ1v) is 6.59. The fraction of sp³-hybridized carbons (Fsp3) is 0.357. The Morgan fingerprint density at radius 3 is 2.26 bits per heavy atom. The average molecular weight is 324 g/mol. The van der Waals surface area contributed by atoms with Crippen LogP contribution in [0, 0.1) is 10.1 Å². The van der Waals surface area contributed by atoms with Crippen LogP contribution in [0.4, 0.5) is 5.69 Å². The molecule has 0 heterocycles. The Morgan fingerprint density at radius 2 is 1.78 bits per heavy atom. The largest absolute Gasteiger partial charge is 0.469 e. The molecule has 0 saturated carbocycles. The van der Waals surface area contributed by atoms with E-state index in [1.54, 1.807) is 0 Å². The molecule has 0 saturated heterocycles. The van der Waals surface area contributed by atoms with Gasteiger partial charge in [0.05, 0.1) is 19.1 Å². The Bertz CT molecular complexity index is 598. The summed E-state index contributed by atoms with van der Waals surface area (Å²) in [4.78, 5) is 44.8. The summed E-state index contributed by atoms with van der Waals surface area (Å²) in [6.07, 6.45) is -0.0606. The summed E-state index contributed by atoms with van der Waals surface area (Å²) in [5, 5.41) is 13.0. The van der Waals surface area contributed by atoms with Gasteiger partial charge in [-0.15, -0.1) is 0 Å². The van der Waals surface area contributed by atoms with Gasteiger partial charge in [-0.2, -0.15) is 0 Å². The quantitative estimate of drug-likeness (QED) is 0.447. The molecule has 0 bridgehead atoms. The maximum Gasteiger partial charge on any atom is 0.328 e. The third-order valence-electron chi connectivity index (χ3n) is 3.00. The standard InChI is InChI=1S/C14H16N2O7/c1-22-12(17)8-7-11(14(19)23-2)15-13(18)9-3-5-10(6-4-9)16(20)21/h3-6,11H,7-8H2,1-2H3,(H,15,18). The van der Waals surface area contributed by atoms with Crippen molar-refractivity contribution in [1.82, 2.24) is 5.32 Å². The zero-order valence-electron chi connectivity index (χ0n) is 12.6. The summed E-state index contributed by atoms with van der Waals surface area (Å²) in [6, 6.07) is 3.86. The van der Waals surface area contributed by atoms with Crippen molar-refractivity contribution in [1.29, 1.82) is 0 Å². The highest BCUT2D eigenvalue weighted by Gasteiger charge is 2.23. The first-order chi connectivity index (χ1) is 10.9. The number of carbonyl (C=O) groups excluding carboxylic acids is 3. The molecule has 1 amide bonds. The maximum absolute atomic E-state index is 12.1. The van der Waals surface area contributed by atoms with Crippen molar-refractivity contribution in [3.05, 3.63) is 39.9 Å². The number of carbonyl (C=O) groups is 3. The summed E-state index contributed by atoms with van der Waals surface area (Å²) in [5.74, 6) is -1.84. The van der Waals surface area contributed by atoms with Crippen LogP contribution in [0.3, 0.4) is 0 Å². The van der Waals surface area contributed by atoms with E-state index in [4.69, 9.17) is 0 Å². The number of hydrogen-bond donors (Lipinski definition) is 1. The van der Waals surface area contributed by atoms with E-state index in [0.717, 1.165) is 7.11 Å². The number of nitrogens with one attached hydrogen (secondary N) is 1. The van der Waals surface area contributed by atoms with E-state index >= 15 is 0 Å². The number of nitro benzene ring substituents is 1. The predicted octanol–water partition coefficient (Wildman–Crippen LogP) is 0.819. The summed E-state index contributed by atoms with van der Waals surface area (Å²) in [6.45, 7) is 0. The molecule has 1 aromatic carbocycles. The molecule has 0 aliphatic heterocycles. The molecule has 124 valence electrons. The minimum absolute atomic E-state index is 0.0120. The molecule has 1 N–H and O–H groups in total. The monoisotopic (exact) mass is 324 g/mol. The van der Waals surface area contributed by atoms with Crippen LogP contribution in [0.2, 0.25) is 0 Å². The minimum atomic E-state index is -1.03. The normalized spacial score (nSPS) is 11.2. The highest BCUT2D eigenvalue weighted by molar-refractivity contribution is 5.97. The van der Waals surface area contributed by atoms with Gasteiger partial charge in [-0.3, -0.25) is 19.7 Å². The second-order valence-electron chi connectivity index (χ2n) is 4.47. The van der Waals surface area contributed by atoms with Crippen LogP contribution >= 0.6 is 0 Å². The molecule has 1 atom stereocenters. The van der Waals surface area contributed by atoms with Crippen LogP contribution in [-0.4, -0.2) is 43.0 Å². The highest BCUT2D eigenvalue weighted by atomic mass is 16.6. The number of rotatable bonds is 7. The highest BCUT2D eigenvalue weighted by Crippen LogP contribution is 2.12. The number of nitro groups is 1. The molecule has 1 unspecified atom stereocenters. The number of benzene rings is 1. The molecule has 9 nitrogen and oxygen atoms in total. The SMILES string of the molecule is COC(=O)CCC(NC(=O)c1ccc([N+](=O)[O-])cc1)C(=O)OC. The van der Waals surface area contributed by atoms with Gasteiger partial charge in [0.1, 0.15) is 6.04 Å². The van der Waals surface area contributed by atoms with E-state index < -0.39 is 28.8 Å². The zero-order valence-corrected chi connectivity index (χ0v) is 12.6. The van der Waals surface area contributed by atoms with Crippen molar-refractivity contribution in [2.75, 3.05) is 14.2 Å². The van der Waals surface area contributed by atoms with E-state index in [9.17, 15) is 24.5 Å². The molecule has 0 spiro atoms. The molecular weight excluding hydrogens is 308 g/mol. The Hall–Kier alpha value is -2.97. The first-order valence-electron chi connectivity index (χ1n) is 6.59. The van der Waals surface area contributed by atoms with Gasteiger partial charge in [0.15, 0.2) is 0 Å². The van der Waals surface area contributed by atoms with Gasteiger partial charge in [-0.1, -0.05) is 0 Å². The van der Waals surface area contributed by atoms with E-state index in [1.165, 1.54) is 31.4 Å². The maximum atomic E-state index is 12.1. The molecule has 0 aromatic heterocycles. The van der Waals surface area contributed by atoms with E-state index in [1.807, 2.05) is 0 Å². The Morgan fingerprint density at radius 1 is 1.17 bits per heavy atom. The van der Waals surface area contributed by atoms with Gasteiger partial charge in [0, 0.05) is 24.1 Å². The fourth-order valence-corrected chi connectivity index (χ4v) is 1.73. The first kappa shape index (κ1) is 18.1. The molecule has 0 aliphatic carbocycles. The molecular formula is C14H16N2O7. The zero-order chi connectivity index (χ0) is 17.4. The van der Waals surface area contributed by atoms with Crippen molar-refractivity contribution < 1.29 is 28.8 Å². The van der Waals surface area contributed by atoms with Crippen molar-refractivity contribution >= 4 is 23.5 Å². The van der Waals surface area contributed by atoms with E-state index in [2.05, 4.69) is 14.8 Å². The molecule has 1 rings (SSSR count). The van der Waals surface area contributed by atoms with Crippen LogP contribution in [0.25, 0.3) is 0 Å². The van der Waals surface area contributed by atoms with Gasteiger partial charge < -0.3 is 14.8 Å². The van der Waals surface area contributed by atoms with Crippen LogP contribution in [0.15, 0.2) is 24.3 Å². The number of amides is 1. The third kappa shape index (κ3) is 5.38. The molecule has 9 heteroatoms. The summed E-state index contributed by atoms with van der Waals surface area (Å²) in [5.41, 5.74) is -0.0145. The predicted molar refractivity (Wildman–Crippen MR) is 77.6 cm³/mol. The second-order valence-corrected chi connectivity index (χ2v) is 4.47. The van der Waals surface area contributed by atoms with Crippen LogP contribution in [0.5, 0.6) is 0 Å². The summed E-state index contributed by atoms with van der Waals surface area (Å²) >= 11 is 0. The van der Waals surface area contributed by atoms with Crippen molar-refractivity contribution in [3.8, 4) is 0 Å². The Kier molecular flexibility index (Phi) is 6.66. The van der Waals surface area contributed by atoms with Gasteiger partial charge >= 0.3 is 11.9 Å². The van der Waals surface area contributed by atoms with Crippen LogP contribution < -0.4 is 5.32 Å². The summed E-state index contributed by atoms with van der Waals surface area (Å²) < 4.78 is 9.04. The van der Waals surface area contributed by atoms with Crippen molar-refractivity contribution in [2.24, 2.45) is 0 Å². The van der Waals surface area contributed by atoms with Gasteiger partial charge in [0.25, 0.3) is 11.6 Å². The van der Waals surface area contributed by atoms with E-state index in [0.29, 0.717) is 0 Å². The Labute approximate surface area is 131 Å². The van der Waals surface area contributed by atoms with Crippen LogP contribution in [-0.2, 0) is 19.1 Å². The topological polar surface area (TPSA) is 125 Å².